The number of carbonyl (C=O) groups is 3. The van der Waals surface area contributed by atoms with Gasteiger partial charge in [-0.15, -0.1) is 0 Å². The van der Waals surface area contributed by atoms with Gasteiger partial charge in [-0.3, -0.25) is 14.4 Å². The molecule has 1 heterocycles. The third-order valence-corrected chi connectivity index (χ3v) is 4.40. The van der Waals surface area contributed by atoms with Crippen LogP contribution in [0.15, 0.2) is 18.2 Å². The first-order valence-electron chi connectivity index (χ1n) is 8.32. The summed E-state index contributed by atoms with van der Waals surface area (Å²) in [5.74, 6) is -2.40. The minimum absolute atomic E-state index is 0.0365. The van der Waals surface area contributed by atoms with Crippen molar-refractivity contribution < 1.29 is 33.4 Å². The van der Waals surface area contributed by atoms with E-state index in [0.717, 1.165) is 6.07 Å². The topological polar surface area (TPSA) is 102 Å². The van der Waals surface area contributed by atoms with Crippen LogP contribution in [0.2, 0.25) is 0 Å². The van der Waals surface area contributed by atoms with Crippen LogP contribution in [0.1, 0.15) is 42.5 Å². The van der Waals surface area contributed by atoms with E-state index in [0.29, 0.717) is 26.1 Å². The molecule has 0 bridgehead atoms. The third-order valence-electron chi connectivity index (χ3n) is 4.40. The average molecular weight is 367 g/mol. The molecule has 1 amide bonds. The summed E-state index contributed by atoms with van der Waals surface area (Å²) in [6, 6.07) is 3.86. The first-order chi connectivity index (χ1) is 12.3. The maximum atomic E-state index is 13.7. The first-order valence-corrected chi connectivity index (χ1v) is 8.32. The Morgan fingerprint density at radius 3 is 2.54 bits per heavy atom. The van der Waals surface area contributed by atoms with Crippen molar-refractivity contribution in [1.29, 1.82) is 0 Å². The highest BCUT2D eigenvalue weighted by Crippen LogP contribution is 2.25. The van der Waals surface area contributed by atoms with Gasteiger partial charge in [0.15, 0.2) is 17.3 Å². The van der Waals surface area contributed by atoms with Crippen LogP contribution in [0.4, 0.5) is 4.39 Å². The second-order valence-corrected chi connectivity index (χ2v) is 6.28. The van der Waals surface area contributed by atoms with Gasteiger partial charge >= 0.3 is 5.97 Å². The van der Waals surface area contributed by atoms with Gasteiger partial charge in [-0.1, -0.05) is 0 Å². The Hall–Kier alpha value is -2.48. The Balaban J connectivity index is 1.93. The Morgan fingerprint density at radius 2 is 1.96 bits per heavy atom. The van der Waals surface area contributed by atoms with Crippen molar-refractivity contribution >= 4 is 17.7 Å². The van der Waals surface area contributed by atoms with Crippen LogP contribution in [0, 0.1) is 5.82 Å². The molecule has 0 saturated carbocycles. The lowest BCUT2D eigenvalue weighted by Crippen LogP contribution is -2.53. The van der Waals surface area contributed by atoms with E-state index in [9.17, 15) is 18.8 Å². The normalized spacial score (nSPS) is 15.9. The van der Waals surface area contributed by atoms with Gasteiger partial charge < -0.3 is 19.9 Å². The molecule has 1 aromatic rings. The van der Waals surface area contributed by atoms with Crippen LogP contribution in [0.25, 0.3) is 0 Å². The highest BCUT2D eigenvalue weighted by atomic mass is 19.1. The highest BCUT2D eigenvalue weighted by molar-refractivity contribution is 5.98. The number of hydrogen-bond donors (Lipinski definition) is 2. The van der Waals surface area contributed by atoms with Crippen LogP contribution >= 0.6 is 0 Å². The molecule has 7 nitrogen and oxygen atoms in total. The largest absolute Gasteiger partial charge is 0.494 e. The molecule has 8 heteroatoms. The van der Waals surface area contributed by atoms with Gasteiger partial charge in [-0.25, -0.2) is 4.39 Å². The van der Waals surface area contributed by atoms with Gasteiger partial charge in [0.25, 0.3) is 0 Å². The first kappa shape index (κ1) is 19.8. The van der Waals surface area contributed by atoms with Crippen LogP contribution in [-0.4, -0.2) is 48.6 Å². The molecule has 142 valence electrons. The van der Waals surface area contributed by atoms with Gasteiger partial charge in [0.1, 0.15) is 0 Å². The molecule has 0 aromatic heterocycles. The Bertz CT molecular complexity index is 684. The molecule has 2 rings (SSSR count). The van der Waals surface area contributed by atoms with Crippen LogP contribution in [0.5, 0.6) is 5.75 Å². The number of Topliss-reactive ketones (excluding diaryl/α,β-unsaturated/α-hetero) is 1. The van der Waals surface area contributed by atoms with Gasteiger partial charge in [-0.2, -0.15) is 0 Å². The molecule has 0 radical (unpaired) electrons. The summed E-state index contributed by atoms with van der Waals surface area (Å²) in [5, 5.41) is 11.8. The molecule has 1 saturated heterocycles. The Morgan fingerprint density at radius 1 is 1.27 bits per heavy atom. The van der Waals surface area contributed by atoms with E-state index in [-0.39, 0.29) is 36.4 Å². The van der Waals surface area contributed by atoms with Gasteiger partial charge in [0.05, 0.1) is 19.1 Å². The number of carboxylic acid groups (broad SMARTS) is 1. The predicted molar refractivity (Wildman–Crippen MR) is 89.7 cm³/mol. The molecule has 26 heavy (non-hydrogen) atoms. The van der Waals surface area contributed by atoms with E-state index in [2.05, 4.69) is 5.32 Å². The summed E-state index contributed by atoms with van der Waals surface area (Å²) in [7, 11) is 1.33. The van der Waals surface area contributed by atoms with Crippen molar-refractivity contribution in [3.63, 3.8) is 0 Å². The lowest BCUT2D eigenvalue weighted by atomic mass is 9.86. The quantitative estimate of drug-likeness (QED) is 0.681. The average Bonchev–Trinajstić information content (AvgIpc) is 2.59. The molecule has 1 aromatic carbocycles. The SMILES string of the molecule is COc1ccc(C(=O)CCC(=O)NC2(CC(=O)O)CCOCC2)cc1F. The monoisotopic (exact) mass is 367 g/mol. The lowest BCUT2D eigenvalue weighted by molar-refractivity contribution is -0.140. The molecule has 1 fully saturated rings. The minimum Gasteiger partial charge on any atom is -0.494 e. The fourth-order valence-electron chi connectivity index (χ4n) is 2.97. The highest BCUT2D eigenvalue weighted by Gasteiger charge is 2.36. The zero-order valence-corrected chi connectivity index (χ0v) is 14.5. The Labute approximate surface area is 150 Å². The number of benzene rings is 1. The number of ether oxygens (including phenoxy) is 2. The van der Waals surface area contributed by atoms with Crippen molar-refractivity contribution in [3.05, 3.63) is 29.6 Å². The van der Waals surface area contributed by atoms with E-state index >= 15 is 0 Å². The number of halogens is 1. The summed E-state index contributed by atoms with van der Waals surface area (Å²) in [6.07, 6.45) is 0.414. The fourth-order valence-corrected chi connectivity index (χ4v) is 2.97. The second-order valence-electron chi connectivity index (χ2n) is 6.28. The van der Waals surface area contributed by atoms with E-state index in [1.165, 1.54) is 19.2 Å². The molecule has 1 aliphatic heterocycles. The van der Waals surface area contributed by atoms with Crippen LogP contribution < -0.4 is 10.1 Å². The van der Waals surface area contributed by atoms with Gasteiger partial charge in [0, 0.05) is 31.6 Å². The summed E-state index contributed by atoms with van der Waals surface area (Å²) < 4.78 is 23.7. The van der Waals surface area contributed by atoms with E-state index in [4.69, 9.17) is 14.6 Å². The number of carboxylic acids is 1. The van der Waals surface area contributed by atoms with Gasteiger partial charge in [0.2, 0.25) is 5.91 Å². The fraction of sp³-hybridized carbons (Fsp3) is 0.500. The molecule has 0 atom stereocenters. The number of rotatable bonds is 8. The molecule has 0 unspecified atom stereocenters. The number of nitrogens with one attached hydrogen (secondary N) is 1. The van der Waals surface area contributed by atoms with Crippen molar-refractivity contribution in [2.75, 3.05) is 20.3 Å². The van der Waals surface area contributed by atoms with Crippen molar-refractivity contribution in [2.45, 2.75) is 37.6 Å². The summed E-state index contributed by atoms with van der Waals surface area (Å²) in [5.41, 5.74) is -0.696. The maximum Gasteiger partial charge on any atom is 0.305 e. The number of carbonyl (C=O) groups excluding carboxylic acids is 2. The van der Waals surface area contributed by atoms with Gasteiger partial charge in [-0.05, 0) is 31.0 Å². The molecule has 0 spiro atoms. The van der Waals surface area contributed by atoms with Crippen LogP contribution in [-0.2, 0) is 14.3 Å². The number of methoxy groups -OCH3 is 1. The number of hydrogen-bond acceptors (Lipinski definition) is 5. The van der Waals surface area contributed by atoms with Crippen molar-refractivity contribution in [2.24, 2.45) is 0 Å². The third kappa shape index (κ3) is 5.26. The van der Waals surface area contributed by atoms with E-state index in [1.54, 1.807) is 0 Å². The molecule has 0 aliphatic carbocycles. The summed E-state index contributed by atoms with van der Waals surface area (Å²) >= 11 is 0. The van der Waals surface area contributed by atoms with E-state index in [1.807, 2.05) is 0 Å². The van der Waals surface area contributed by atoms with Crippen molar-refractivity contribution in [1.82, 2.24) is 5.32 Å². The Kier molecular flexibility index (Phi) is 6.68. The summed E-state index contributed by atoms with van der Waals surface area (Å²) in [4.78, 5) is 35.5. The maximum absolute atomic E-state index is 13.7. The van der Waals surface area contributed by atoms with Crippen LogP contribution in [0.3, 0.4) is 0 Å². The number of ketones is 1. The van der Waals surface area contributed by atoms with E-state index < -0.39 is 23.2 Å². The molecular formula is C18H22FNO6. The van der Waals surface area contributed by atoms with Crippen molar-refractivity contribution in [3.8, 4) is 5.75 Å². The number of aliphatic carboxylic acids is 1. The summed E-state index contributed by atoms with van der Waals surface area (Å²) in [6.45, 7) is 0.745. The standard InChI is InChI=1S/C18H22FNO6/c1-25-15-4-2-12(10-13(15)19)14(21)3-5-16(22)20-18(11-17(23)24)6-8-26-9-7-18/h2,4,10H,3,5-9,11H2,1H3,(H,20,22)(H,23,24). The molecule has 2 N–H and O–H groups in total. The zero-order valence-electron chi connectivity index (χ0n) is 14.5. The molecule has 1 aliphatic rings. The number of amides is 1. The molecular weight excluding hydrogens is 345 g/mol. The smallest absolute Gasteiger partial charge is 0.305 e. The minimum atomic E-state index is -1.00. The zero-order chi connectivity index (χ0) is 19.2. The predicted octanol–water partition coefficient (Wildman–Crippen LogP) is 1.94. The second kappa shape index (κ2) is 8.75. The lowest BCUT2D eigenvalue weighted by Gasteiger charge is -2.36.